The third-order valence-electron chi connectivity index (χ3n) is 8.80. The number of carbonyl (C=O) groups is 2. The maximum atomic E-state index is 10.6. The summed E-state index contributed by atoms with van der Waals surface area (Å²) in [6.07, 6.45) is 38.2. The molecule has 7 heteroatoms. The van der Waals surface area contributed by atoms with Crippen LogP contribution in [0.4, 0.5) is 0 Å². The first kappa shape index (κ1) is 54.8. The van der Waals surface area contributed by atoms with Gasteiger partial charge in [-0.2, -0.15) is 0 Å². The third-order valence-corrected chi connectivity index (χ3v) is 9.36. The number of ether oxygens (including phenoxy) is 1. The Hall–Kier alpha value is -0.544. The van der Waals surface area contributed by atoms with Crippen LogP contribution < -0.4 is 56.1 Å². The van der Waals surface area contributed by atoms with Gasteiger partial charge in [0.25, 0.3) is 0 Å². The Labute approximate surface area is 365 Å². The monoisotopic (exact) mass is 800 g/mol. The second-order valence-electron chi connectivity index (χ2n) is 13.4. The van der Waals surface area contributed by atoms with Crippen LogP contribution in [0.25, 0.3) is 0 Å². The minimum absolute atomic E-state index is 0. The van der Waals surface area contributed by atoms with Crippen molar-refractivity contribution in [1.82, 2.24) is 0 Å². The molecule has 0 atom stereocenters. The smallest absolute Gasteiger partial charge is 0.870 e. The second-order valence-corrected chi connectivity index (χ2v) is 14.2. The molecule has 0 heterocycles. The number of aromatic hydroxyl groups is 1. The molecule has 0 bridgehead atoms. The van der Waals surface area contributed by atoms with E-state index < -0.39 is 0 Å². The van der Waals surface area contributed by atoms with Crippen LogP contribution >= 0.6 is 15.9 Å². The minimum Gasteiger partial charge on any atom is -0.870 e. The first-order valence-electron chi connectivity index (χ1n) is 20.1. The normalized spacial score (nSPS) is 10.0. The van der Waals surface area contributed by atoms with E-state index in [4.69, 9.17) is 9.84 Å². The van der Waals surface area contributed by atoms with Gasteiger partial charge in [0, 0.05) is 16.5 Å². The van der Waals surface area contributed by atoms with Crippen molar-refractivity contribution in [3.05, 3.63) is 59.7 Å². The first-order chi connectivity index (χ1) is 24.1. The fraction of sp³-hybridized carbons (Fsp3) is 0.682. The summed E-state index contributed by atoms with van der Waals surface area (Å²) < 4.78 is 5.69. The van der Waals surface area contributed by atoms with Crippen molar-refractivity contribution >= 4 is 28.5 Å². The van der Waals surface area contributed by atoms with Gasteiger partial charge in [-0.1, -0.05) is 184 Å². The van der Waals surface area contributed by atoms with Crippen LogP contribution in [-0.4, -0.2) is 35.1 Å². The molecular weight excluding hydrogens is 727 g/mol. The van der Waals surface area contributed by atoms with Gasteiger partial charge in [0.05, 0.1) is 6.61 Å². The molecule has 0 saturated carbocycles. The number of hydrogen-bond acceptors (Lipinski definition) is 5. The SMILES string of the molecule is CCCCCCCCCCCCCCCBr.CCCCCCCCCCCCCCCOc1ccc(C=O)cc1.O=Cc1ccc(O)cc1.[K+].[OH-]. The van der Waals surface area contributed by atoms with Crippen LogP contribution in [0.1, 0.15) is 202 Å². The van der Waals surface area contributed by atoms with E-state index >= 15 is 0 Å². The van der Waals surface area contributed by atoms with E-state index in [1.807, 2.05) is 12.1 Å². The van der Waals surface area contributed by atoms with E-state index in [0.29, 0.717) is 11.1 Å². The van der Waals surface area contributed by atoms with Crippen molar-refractivity contribution in [1.29, 1.82) is 0 Å². The van der Waals surface area contributed by atoms with Crippen molar-refractivity contribution in [2.45, 2.75) is 181 Å². The summed E-state index contributed by atoms with van der Waals surface area (Å²) in [4.78, 5) is 20.6. The number of rotatable bonds is 30. The third kappa shape index (κ3) is 40.5. The number of alkyl halides is 1. The molecule has 0 fully saturated rings. The molecule has 0 aliphatic rings. The standard InChI is InChI=1S/C22H36O2.C15H31Br.C7H6O2.K.H2O/c1-2-3-4-5-6-7-8-9-10-11-12-13-14-19-24-22-17-15-21(20-23)16-18-22;1-2-3-4-5-6-7-8-9-10-11-12-13-14-15-16;8-5-6-1-3-7(9)4-2-6;;/h15-18,20H,2-14,19H2,1H3;2-15H2,1H3;1-5,9H;;1H2/q;;;+1;/p-1. The van der Waals surface area contributed by atoms with Crippen LogP contribution in [0, 0.1) is 0 Å². The maximum Gasteiger partial charge on any atom is 1.00 e. The Morgan fingerprint density at radius 1 is 0.490 bits per heavy atom. The molecule has 0 unspecified atom stereocenters. The predicted octanol–water partition coefficient (Wildman–Crippen LogP) is 11.5. The zero-order valence-corrected chi connectivity index (χ0v) is 37.8. The van der Waals surface area contributed by atoms with E-state index in [2.05, 4.69) is 29.8 Å². The molecule has 0 aliphatic heterocycles. The van der Waals surface area contributed by atoms with E-state index in [9.17, 15) is 9.59 Å². The van der Waals surface area contributed by atoms with Crippen molar-refractivity contribution in [3.8, 4) is 11.5 Å². The average molecular weight is 802 g/mol. The Bertz CT molecular complexity index is 941. The molecule has 2 N–H and O–H groups in total. The maximum absolute atomic E-state index is 10.6. The number of carbonyl (C=O) groups excluding carboxylic acids is 2. The summed E-state index contributed by atoms with van der Waals surface area (Å²) in [7, 11) is 0. The van der Waals surface area contributed by atoms with Gasteiger partial charge in [0.15, 0.2) is 0 Å². The Kier molecular flexibility index (Phi) is 49.0. The molecule has 51 heavy (non-hydrogen) atoms. The van der Waals surface area contributed by atoms with Gasteiger partial charge in [-0.25, -0.2) is 0 Å². The van der Waals surface area contributed by atoms with E-state index in [0.717, 1.165) is 31.3 Å². The molecule has 0 aromatic heterocycles. The van der Waals surface area contributed by atoms with Gasteiger partial charge in [-0.05, 0) is 61.4 Å². The Morgan fingerprint density at radius 3 is 1.10 bits per heavy atom. The number of phenols is 1. The van der Waals surface area contributed by atoms with E-state index in [1.54, 1.807) is 24.3 Å². The zero-order chi connectivity index (χ0) is 35.9. The number of benzene rings is 2. The molecule has 2 aromatic carbocycles. The zero-order valence-electron chi connectivity index (χ0n) is 33.1. The van der Waals surface area contributed by atoms with Crippen LogP contribution in [-0.2, 0) is 0 Å². The van der Waals surface area contributed by atoms with Crippen LogP contribution in [0.15, 0.2) is 48.5 Å². The minimum atomic E-state index is 0. The van der Waals surface area contributed by atoms with Crippen LogP contribution in [0.3, 0.4) is 0 Å². The van der Waals surface area contributed by atoms with Crippen molar-refractivity contribution < 1.29 is 76.3 Å². The molecule has 5 nitrogen and oxygen atoms in total. The first-order valence-corrected chi connectivity index (χ1v) is 21.2. The van der Waals surface area contributed by atoms with Gasteiger partial charge in [-0.15, -0.1) is 0 Å². The van der Waals surface area contributed by atoms with Crippen molar-refractivity contribution in [2.75, 3.05) is 11.9 Å². The summed E-state index contributed by atoms with van der Waals surface area (Å²) >= 11 is 3.48. The average Bonchev–Trinajstić information content (AvgIpc) is 3.13. The molecule has 0 spiro atoms. The summed E-state index contributed by atoms with van der Waals surface area (Å²) in [5, 5.41) is 9.92. The van der Waals surface area contributed by atoms with Crippen LogP contribution in [0.5, 0.6) is 11.5 Å². The fourth-order valence-corrected chi connectivity index (χ4v) is 6.01. The quantitative estimate of drug-likeness (QED) is 0.0367. The largest absolute Gasteiger partial charge is 1.00 e. The number of phenolic OH excluding ortho intramolecular Hbond substituents is 1. The summed E-state index contributed by atoms with van der Waals surface area (Å²) in [6, 6.07) is 13.4. The molecular formula is C44H74BrKO5. The molecule has 2 rings (SSSR count). The number of halogens is 1. The topological polar surface area (TPSA) is 93.6 Å². The van der Waals surface area contributed by atoms with Gasteiger partial charge < -0.3 is 15.3 Å². The Morgan fingerprint density at radius 2 is 0.784 bits per heavy atom. The summed E-state index contributed by atoms with van der Waals surface area (Å²) in [5.41, 5.74) is 1.27. The van der Waals surface area contributed by atoms with Gasteiger partial charge >= 0.3 is 51.4 Å². The summed E-state index contributed by atoms with van der Waals surface area (Å²) in [6.45, 7) is 5.34. The fourth-order valence-electron chi connectivity index (χ4n) is 5.62. The van der Waals surface area contributed by atoms with Crippen molar-refractivity contribution in [3.63, 3.8) is 0 Å². The van der Waals surface area contributed by atoms with E-state index in [-0.39, 0.29) is 62.6 Å². The molecule has 0 saturated heterocycles. The Balaban J connectivity index is -0.000000735. The molecule has 0 radical (unpaired) electrons. The van der Waals surface area contributed by atoms with Gasteiger partial charge in [0.2, 0.25) is 0 Å². The van der Waals surface area contributed by atoms with Gasteiger partial charge in [-0.3, -0.25) is 9.59 Å². The van der Waals surface area contributed by atoms with Crippen LogP contribution in [0.2, 0.25) is 0 Å². The molecule has 0 amide bonds. The second kappa shape index (κ2) is 45.6. The number of hydrogen-bond donors (Lipinski definition) is 1. The number of aldehydes is 2. The molecule has 288 valence electrons. The summed E-state index contributed by atoms with van der Waals surface area (Å²) in [5.74, 6) is 1.04. The van der Waals surface area contributed by atoms with Crippen molar-refractivity contribution in [2.24, 2.45) is 0 Å². The molecule has 0 aliphatic carbocycles. The predicted molar refractivity (Wildman–Crippen MR) is 218 cm³/mol. The van der Waals surface area contributed by atoms with E-state index in [1.165, 1.54) is 178 Å². The van der Waals surface area contributed by atoms with Gasteiger partial charge in [0.1, 0.15) is 24.1 Å². The number of unbranched alkanes of at least 4 members (excludes halogenated alkanes) is 24. The molecule has 2 aromatic rings.